The number of carbonyl (C=O) groups excluding carboxylic acids is 2. The summed E-state index contributed by atoms with van der Waals surface area (Å²) in [4.78, 5) is 30.0. The molecule has 1 aromatic rings. The molecular weight excluding hydrogens is 157 g/mol. The van der Waals surface area contributed by atoms with Crippen LogP contribution in [0.1, 0.15) is 20.8 Å². The maximum absolute atomic E-state index is 11.1. The number of amides is 2. The molecule has 6 heteroatoms. The molecule has 2 rings (SSSR count). The summed E-state index contributed by atoms with van der Waals surface area (Å²) in [5.74, 6) is -1.15. The number of rotatable bonds is 0. The van der Waals surface area contributed by atoms with Gasteiger partial charge in [-0.25, -0.2) is 9.97 Å². The van der Waals surface area contributed by atoms with E-state index in [-0.39, 0.29) is 11.3 Å². The molecule has 0 aromatic carbocycles. The Hall–Kier alpha value is -1.72. The van der Waals surface area contributed by atoms with Gasteiger partial charge in [-0.05, 0) is 0 Å². The van der Waals surface area contributed by atoms with Crippen LogP contribution in [0.25, 0.3) is 0 Å². The minimum Gasteiger partial charge on any atom is -0.331 e. The lowest BCUT2D eigenvalue weighted by Crippen LogP contribution is -2.26. The number of fused-ring (bicyclic) bond motifs is 1. The third-order valence-electron chi connectivity index (χ3n) is 1.58. The Balaban J connectivity index is 2.67. The molecule has 0 bridgehead atoms. The highest BCUT2D eigenvalue weighted by Crippen LogP contribution is 2.16. The van der Waals surface area contributed by atoms with Crippen molar-refractivity contribution in [3.8, 4) is 0 Å². The number of aromatic nitrogens is 2. The highest BCUT2D eigenvalue weighted by molar-refractivity contribution is 6.35. The molecule has 1 aliphatic rings. The van der Waals surface area contributed by atoms with Crippen molar-refractivity contribution in [1.29, 1.82) is 0 Å². The van der Waals surface area contributed by atoms with Crippen LogP contribution in [0.2, 0.25) is 0 Å². The van der Waals surface area contributed by atoms with Gasteiger partial charge in [-0.2, -0.15) is 0 Å². The average molecular weight is 159 g/mol. The lowest BCUT2D eigenvalue weighted by molar-refractivity contribution is 0.0764. The standard InChI is InChI=1S/C6H2BN3O2/c7-10-5(11)3-1-8-2-9-4(3)6(10)12/h1-2H. The zero-order valence-corrected chi connectivity index (χ0v) is 5.89. The molecule has 2 radical (unpaired) electrons. The van der Waals surface area contributed by atoms with Crippen LogP contribution in [0.4, 0.5) is 0 Å². The van der Waals surface area contributed by atoms with E-state index in [1.165, 1.54) is 12.5 Å². The van der Waals surface area contributed by atoms with E-state index in [1.807, 2.05) is 0 Å². The van der Waals surface area contributed by atoms with Crippen LogP contribution in [0.3, 0.4) is 0 Å². The van der Waals surface area contributed by atoms with Gasteiger partial charge in [-0.1, -0.05) is 0 Å². The van der Waals surface area contributed by atoms with Crippen molar-refractivity contribution < 1.29 is 9.59 Å². The van der Waals surface area contributed by atoms with Crippen LogP contribution in [0.5, 0.6) is 0 Å². The first-order chi connectivity index (χ1) is 5.72. The van der Waals surface area contributed by atoms with Crippen molar-refractivity contribution in [3.63, 3.8) is 0 Å². The maximum Gasteiger partial charge on any atom is 0.267 e. The van der Waals surface area contributed by atoms with E-state index in [0.717, 1.165) is 0 Å². The van der Waals surface area contributed by atoms with E-state index in [2.05, 4.69) is 9.97 Å². The number of hydrogen-bond acceptors (Lipinski definition) is 4. The van der Waals surface area contributed by atoms with Crippen LogP contribution < -0.4 is 0 Å². The predicted octanol–water partition coefficient (Wildman–Crippen LogP) is -0.844. The predicted molar refractivity (Wildman–Crippen MR) is 38.3 cm³/mol. The van der Waals surface area contributed by atoms with Gasteiger partial charge in [0.25, 0.3) is 11.8 Å². The highest BCUT2D eigenvalue weighted by atomic mass is 16.2. The van der Waals surface area contributed by atoms with Gasteiger partial charge in [0.05, 0.1) is 5.56 Å². The summed E-state index contributed by atoms with van der Waals surface area (Å²) in [7, 11) is 5.14. The third kappa shape index (κ3) is 0.688. The van der Waals surface area contributed by atoms with E-state index in [4.69, 9.17) is 7.98 Å². The summed E-state index contributed by atoms with van der Waals surface area (Å²) in [5, 5.41) is 0. The first-order valence-electron chi connectivity index (χ1n) is 3.15. The smallest absolute Gasteiger partial charge is 0.267 e. The first kappa shape index (κ1) is 6.96. The Kier molecular flexibility index (Phi) is 1.24. The lowest BCUT2D eigenvalue weighted by atomic mass is 10.3. The molecule has 0 atom stereocenters. The minimum absolute atomic E-state index is 0.0671. The molecule has 12 heavy (non-hydrogen) atoms. The van der Waals surface area contributed by atoms with Crippen molar-refractivity contribution in [2.45, 2.75) is 0 Å². The zero-order chi connectivity index (χ0) is 8.72. The van der Waals surface area contributed by atoms with Crippen molar-refractivity contribution in [1.82, 2.24) is 14.8 Å². The van der Waals surface area contributed by atoms with E-state index in [1.54, 1.807) is 0 Å². The Labute approximate surface area is 68.9 Å². The van der Waals surface area contributed by atoms with Crippen molar-refractivity contribution in [2.75, 3.05) is 0 Å². The highest BCUT2D eigenvalue weighted by Gasteiger charge is 2.33. The van der Waals surface area contributed by atoms with Crippen LogP contribution in [-0.2, 0) is 0 Å². The van der Waals surface area contributed by atoms with Crippen LogP contribution >= 0.6 is 0 Å². The number of carbonyl (C=O) groups is 2. The second-order valence-corrected chi connectivity index (χ2v) is 2.27. The van der Waals surface area contributed by atoms with Gasteiger partial charge in [-0.15, -0.1) is 0 Å². The van der Waals surface area contributed by atoms with E-state index >= 15 is 0 Å². The summed E-state index contributed by atoms with van der Waals surface area (Å²) >= 11 is 0. The lowest BCUT2D eigenvalue weighted by Gasteiger charge is -2.02. The fraction of sp³-hybridized carbons (Fsp3) is 0. The minimum atomic E-state index is -0.586. The summed E-state index contributed by atoms with van der Waals surface area (Å²) in [5.41, 5.74) is 0.225. The second kappa shape index (κ2) is 2.13. The van der Waals surface area contributed by atoms with E-state index in [0.29, 0.717) is 4.81 Å². The van der Waals surface area contributed by atoms with Gasteiger partial charge < -0.3 is 4.81 Å². The molecule has 0 saturated carbocycles. The van der Waals surface area contributed by atoms with Gasteiger partial charge in [0, 0.05) is 6.20 Å². The number of imide groups is 1. The van der Waals surface area contributed by atoms with Crippen molar-refractivity contribution >= 4 is 19.8 Å². The van der Waals surface area contributed by atoms with Gasteiger partial charge in [0.1, 0.15) is 12.0 Å². The fourth-order valence-corrected chi connectivity index (χ4v) is 0.993. The molecule has 1 aromatic heterocycles. The molecule has 2 amide bonds. The topological polar surface area (TPSA) is 63.2 Å². The Bertz CT molecular complexity index is 344. The molecule has 0 unspecified atom stereocenters. The molecular formula is C6H2BN3O2. The summed E-state index contributed by atoms with van der Waals surface area (Å²) in [6.07, 6.45) is 2.47. The molecule has 1 aliphatic heterocycles. The molecule has 0 aliphatic carbocycles. The maximum atomic E-state index is 11.1. The Morgan fingerprint density at radius 3 is 2.75 bits per heavy atom. The quantitative estimate of drug-likeness (QED) is 0.365. The fourth-order valence-electron chi connectivity index (χ4n) is 0.993. The number of hydrogen-bond donors (Lipinski definition) is 0. The van der Waals surface area contributed by atoms with E-state index in [9.17, 15) is 9.59 Å². The molecule has 0 saturated heterocycles. The van der Waals surface area contributed by atoms with Gasteiger partial charge in [-0.3, -0.25) is 9.59 Å². The summed E-state index contributed by atoms with van der Waals surface area (Å²) in [6, 6.07) is 0. The van der Waals surface area contributed by atoms with Gasteiger partial charge in [0.2, 0.25) is 7.98 Å². The first-order valence-corrected chi connectivity index (χ1v) is 3.15. The molecule has 0 spiro atoms. The summed E-state index contributed by atoms with van der Waals surface area (Å²) in [6.45, 7) is 0. The zero-order valence-electron chi connectivity index (χ0n) is 5.89. The monoisotopic (exact) mass is 159 g/mol. The molecule has 0 fully saturated rings. The average Bonchev–Trinajstić information content (AvgIpc) is 2.33. The second-order valence-electron chi connectivity index (χ2n) is 2.27. The Morgan fingerprint density at radius 1 is 1.33 bits per heavy atom. The normalized spacial score (nSPS) is 15.2. The third-order valence-corrected chi connectivity index (χ3v) is 1.58. The molecule has 0 N–H and O–H groups in total. The van der Waals surface area contributed by atoms with Crippen LogP contribution in [-0.4, -0.2) is 34.6 Å². The molecule has 56 valence electrons. The molecule has 2 heterocycles. The van der Waals surface area contributed by atoms with Gasteiger partial charge >= 0.3 is 0 Å². The van der Waals surface area contributed by atoms with Gasteiger partial charge in [0.15, 0.2) is 0 Å². The Morgan fingerprint density at radius 2 is 2.08 bits per heavy atom. The number of nitrogens with zero attached hydrogens (tertiary/aromatic N) is 3. The van der Waals surface area contributed by atoms with Crippen molar-refractivity contribution in [2.24, 2.45) is 0 Å². The SMILES string of the molecule is [B]N1C(=O)c2cncnc2C1=O. The van der Waals surface area contributed by atoms with E-state index < -0.39 is 11.8 Å². The largest absolute Gasteiger partial charge is 0.331 e. The van der Waals surface area contributed by atoms with Crippen LogP contribution in [0, 0.1) is 0 Å². The molecule has 5 nitrogen and oxygen atoms in total. The van der Waals surface area contributed by atoms with Crippen LogP contribution in [0.15, 0.2) is 12.5 Å². The van der Waals surface area contributed by atoms with Crippen molar-refractivity contribution in [3.05, 3.63) is 23.8 Å². The summed E-state index contributed by atoms with van der Waals surface area (Å²) < 4.78 is 0.